The van der Waals surface area contributed by atoms with Gasteiger partial charge in [0.05, 0.1) is 4.90 Å². The third kappa shape index (κ3) is 3.12. The van der Waals surface area contributed by atoms with Crippen molar-refractivity contribution in [2.45, 2.75) is 11.8 Å². The van der Waals surface area contributed by atoms with Gasteiger partial charge >= 0.3 is 10.2 Å². The molecule has 0 fully saturated rings. The topological polar surface area (TPSA) is 37.4 Å². The second-order valence-electron chi connectivity index (χ2n) is 4.01. The first-order valence-electron chi connectivity index (χ1n) is 5.89. The highest BCUT2D eigenvalue weighted by molar-refractivity contribution is 7.86. The molecule has 0 aliphatic heterocycles. The molecule has 0 amide bonds. The minimum atomic E-state index is -4.64. The van der Waals surface area contributed by atoms with Crippen LogP contribution in [0, 0.1) is 0 Å². The lowest BCUT2D eigenvalue weighted by atomic mass is 10.2. The van der Waals surface area contributed by atoms with E-state index in [0.29, 0.717) is 0 Å². The van der Waals surface area contributed by atoms with Crippen LogP contribution in [0.1, 0.15) is 6.92 Å². The SMILES string of the molecule is CCN(c1ccccc1)c1ccc(S(=O)(=O)F)cc1. The number of halogens is 1. The second kappa shape index (κ2) is 5.40. The van der Waals surface area contributed by atoms with E-state index in [1.54, 1.807) is 12.1 Å². The number of rotatable bonds is 4. The summed E-state index contributed by atoms with van der Waals surface area (Å²) in [5.41, 5.74) is 1.82. The van der Waals surface area contributed by atoms with Gasteiger partial charge in [-0.3, -0.25) is 0 Å². The summed E-state index contributed by atoms with van der Waals surface area (Å²) in [5.74, 6) is 0. The Kier molecular flexibility index (Phi) is 3.85. The van der Waals surface area contributed by atoms with Crippen LogP contribution in [-0.4, -0.2) is 15.0 Å². The van der Waals surface area contributed by atoms with Gasteiger partial charge in [0.2, 0.25) is 0 Å². The van der Waals surface area contributed by atoms with E-state index in [9.17, 15) is 12.3 Å². The van der Waals surface area contributed by atoms with E-state index in [4.69, 9.17) is 0 Å². The van der Waals surface area contributed by atoms with Gasteiger partial charge in [0, 0.05) is 17.9 Å². The van der Waals surface area contributed by atoms with E-state index in [-0.39, 0.29) is 4.90 Å². The van der Waals surface area contributed by atoms with Gasteiger partial charge in [-0.1, -0.05) is 18.2 Å². The lowest BCUT2D eigenvalue weighted by molar-refractivity contribution is 0.552. The third-order valence-corrected chi connectivity index (χ3v) is 3.65. The van der Waals surface area contributed by atoms with Gasteiger partial charge in [-0.15, -0.1) is 3.89 Å². The molecule has 0 bridgehead atoms. The zero-order valence-corrected chi connectivity index (χ0v) is 11.3. The third-order valence-electron chi connectivity index (χ3n) is 2.81. The standard InChI is InChI=1S/C14H14FNO2S/c1-2-16(12-6-4-3-5-7-12)13-8-10-14(11-9-13)19(15,17)18/h3-11H,2H2,1H3. The Labute approximate surface area is 112 Å². The molecule has 2 aromatic carbocycles. The quantitative estimate of drug-likeness (QED) is 0.804. The van der Waals surface area contributed by atoms with Crippen molar-refractivity contribution in [3.63, 3.8) is 0 Å². The van der Waals surface area contributed by atoms with Crippen LogP contribution in [0.3, 0.4) is 0 Å². The van der Waals surface area contributed by atoms with E-state index >= 15 is 0 Å². The second-order valence-corrected chi connectivity index (χ2v) is 5.36. The van der Waals surface area contributed by atoms with E-state index in [1.807, 2.05) is 42.2 Å². The van der Waals surface area contributed by atoms with Crippen molar-refractivity contribution in [2.24, 2.45) is 0 Å². The smallest absolute Gasteiger partial charge is 0.332 e. The lowest BCUT2D eigenvalue weighted by Crippen LogP contribution is -2.15. The first-order valence-corrected chi connectivity index (χ1v) is 7.28. The van der Waals surface area contributed by atoms with Crippen LogP contribution in [0.2, 0.25) is 0 Å². The van der Waals surface area contributed by atoms with Gasteiger partial charge in [0.15, 0.2) is 0 Å². The molecule has 0 spiro atoms. The molecule has 19 heavy (non-hydrogen) atoms. The van der Waals surface area contributed by atoms with E-state index in [0.717, 1.165) is 17.9 Å². The van der Waals surface area contributed by atoms with Crippen molar-refractivity contribution >= 4 is 21.6 Å². The predicted molar refractivity (Wildman–Crippen MR) is 73.9 cm³/mol. The minimum absolute atomic E-state index is 0.319. The maximum atomic E-state index is 12.8. The predicted octanol–water partition coefficient (Wildman–Crippen LogP) is 3.50. The molecule has 3 nitrogen and oxygen atoms in total. The van der Waals surface area contributed by atoms with E-state index < -0.39 is 10.2 Å². The molecular formula is C14H14FNO2S. The molecule has 5 heteroatoms. The molecule has 2 rings (SSSR count). The molecule has 0 atom stereocenters. The Morgan fingerprint density at radius 2 is 1.47 bits per heavy atom. The zero-order valence-electron chi connectivity index (χ0n) is 10.5. The molecule has 2 aromatic rings. The summed E-state index contributed by atoms with van der Waals surface area (Å²) in [5, 5.41) is 0. The number of hydrogen-bond donors (Lipinski definition) is 0. The van der Waals surface area contributed by atoms with Crippen LogP contribution in [0.5, 0.6) is 0 Å². The van der Waals surface area contributed by atoms with Crippen molar-refractivity contribution in [2.75, 3.05) is 11.4 Å². The number of para-hydroxylation sites is 1. The minimum Gasteiger partial charge on any atom is -0.342 e. The van der Waals surface area contributed by atoms with E-state index in [2.05, 4.69) is 0 Å². The molecule has 100 valence electrons. The number of hydrogen-bond acceptors (Lipinski definition) is 3. The average molecular weight is 279 g/mol. The first kappa shape index (κ1) is 13.5. The highest BCUT2D eigenvalue weighted by Crippen LogP contribution is 2.26. The van der Waals surface area contributed by atoms with Crippen LogP contribution >= 0.6 is 0 Å². The summed E-state index contributed by atoms with van der Waals surface area (Å²) < 4.78 is 34.4. The highest BCUT2D eigenvalue weighted by Gasteiger charge is 2.13. The Hall–Kier alpha value is -1.88. The normalized spacial score (nSPS) is 11.3. The van der Waals surface area contributed by atoms with Crippen molar-refractivity contribution < 1.29 is 12.3 Å². The number of benzene rings is 2. The fraction of sp³-hybridized carbons (Fsp3) is 0.143. The van der Waals surface area contributed by atoms with Crippen molar-refractivity contribution in [3.8, 4) is 0 Å². The first-order chi connectivity index (χ1) is 9.02. The molecule has 0 saturated carbocycles. The summed E-state index contributed by atoms with van der Waals surface area (Å²) in [6, 6.07) is 15.5. The van der Waals surface area contributed by atoms with Crippen LogP contribution in [0.15, 0.2) is 59.5 Å². The van der Waals surface area contributed by atoms with Gasteiger partial charge < -0.3 is 4.90 Å². The summed E-state index contributed by atoms with van der Waals surface area (Å²) in [4.78, 5) is 1.69. The molecule has 0 aromatic heterocycles. The fourth-order valence-electron chi connectivity index (χ4n) is 1.91. The molecule has 0 saturated heterocycles. The molecule has 0 radical (unpaired) electrons. The van der Waals surface area contributed by atoms with Crippen LogP contribution in [0.25, 0.3) is 0 Å². The number of nitrogens with zero attached hydrogens (tertiary/aromatic N) is 1. The molecular weight excluding hydrogens is 265 g/mol. The molecule has 0 aliphatic carbocycles. The summed E-state index contributed by atoms with van der Waals surface area (Å²) in [6.07, 6.45) is 0. The Balaban J connectivity index is 2.35. The average Bonchev–Trinajstić information content (AvgIpc) is 2.40. The maximum absolute atomic E-state index is 12.8. The highest BCUT2D eigenvalue weighted by atomic mass is 32.3. The summed E-state index contributed by atoms with van der Waals surface area (Å²) in [7, 11) is -4.64. The van der Waals surface area contributed by atoms with Gasteiger partial charge in [-0.25, -0.2) is 0 Å². The van der Waals surface area contributed by atoms with Crippen molar-refractivity contribution in [1.29, 1.82) is 0 Å². The molecule has 0 N–H and O–H groups in total. The summed E-state index contributed by atoms with van der Waals surface area (Å²) in [6.45, 7) is 2.72. The van der Waals surface area contributed by atoms with Crippen LogP contribution in [0.4, 0.5) is 15.3 Å². The molecule has 0 heterocycles. The van der Waals surface area contributed by atoms with Gasteiger partial charge in [0.1, 0.15) is 0 Å². The van der Waals surface area contributed by atoms with Crippen molar-refractivity contribution in [3.05, 3.63) is 54.6 Å². The van der Waals surface area contributed by atoms with Gasteiger partial charge in [-0.05, 0) is 43.3 Å². The zero-order chi connectivity index (χ0) is 13.9. The van der Waals surface area contributed by atoms with Crippen molar-refractivity contribution in [1.82, 2.24) is 0 Å². The number of anilines is 2. The largest absolute Gasteiger partial charge is 0.342 e. The maximum Gasteiger partial charge on any atom is 0.332 e. The fourth-order valence-corrected chi connectivity index (χ4v) is 2.37. The lowest BCUT2D eigenvalue weighted by Gasteiger charge is -2.23. The Morgan fingerprint density at radius 3 is 1.95 bits per heavy atom. The van der Waals surface area contributed by atoms with Crippen LogP contribution < -0.4 is 4.90 Å². The van der Waals surface area contributed by atoms with Gasteiger partial charge in [-0.2, -0.15) is 8.42 Å². The Morgan fingerprint density at radius 1 is 0.947 bits per heavy atom. The van der Waals surface area contributed by atoms with Crippen LogP contribution in [-0.2, 0) is 10.2 Å². The molecule has 0 aliphatic rings. The van der Waals surface area contributed by atoms with Gasteiger partial charge in [0.25, 0.3) is 0 Å². The monoisotopic (exact) mass is 279 g/mol. The van der Waals surface area contributed by atoms with E-state index in [1.165, 1.54) is 12.1 Å². The Bertz CT molecular complexity index is 639. The summed E-state index contributed by atoms with van der Waals surface area (Å²) >= 11 is 0. The molecule has 0 unspecified atom stereocenters.